The highest BCUT2D eigenvalue weighted by molar-refractivity contribution is 5.75. The molecule has 0 unspecified atom stereocenters. The van der Waals surface area contributed by atoms with Crippen LogP contribution in [0.4, 0.5) is 0 Å². The van der Waals surface area contributed by atoms with Crippen LogP contribution in [-0.2, 0) is 17.9 Å². The molecule has 0 saturated carbocycles. The molecule has 0 aliphatic carbocycles. The Balaban J connectivity index is 1.56. The number of ether oxygens (including phenoxy) is 1. The third-order valence-corrected chi connectivity index (χ3v) is 4.99. The van der Waals surface area contributed by atoms with E-state index in [1.54, 1.807) is 20.1 Å². The minimum atomic E-state index is -0.396. The van der Waals surface area contributed by atoms with E-state index in [0.717, 1.165) is 27.1 Å². The third-order valence-electron chi connectivity index (χ3n) is 4.99. The third kappa shape index (κ3) is 4.32. The van der Waals surface area contributed by atoms with Crippen LogP contribution < -0.4 is 15.7 Å². The number of carbonyl (C=O) groups excluding carboxylic acids is 1. The van der Waals surface area contributed by atoms with Crippen LogP contribution in [0.1, 0.15) is 17.0 Å². The minimum absolute atomic E-state index is 0.163. The fourth-order valence-corrected chi connectivity index (χ4v) is 3.43. The quantitative estimate of drug-likeness (QED) is 0.521. The van der Waals surface area contributed by atoms with Crippen molar-refractivity contribution < 1.29 is 9.53 Å². The first-order valence-electron chi connectivity index (χ1n) is 9.88. The van der Waals surface area contributed by atoms with Crippen molar-refractivity contribution in [2.24, 2.45) is 0 Å². The van der Waals surface area contributed by atoms with Crippen LogP contribution in [0.25, 0.3) is 16.9 Å². The van der Waals surface area contributed by atoms with Crippen molar-refractivity contribution in [3.63, 3.8) is 0 Å². The lowest BCUT2D eigenvalue weighted by Gasteiger charge is -2.05. The Morgan fingerprint density at radius 3 is 2.58 bits per heavy atom. The van der Waals surface area contributed by atoms with E-state index in [9.17, 15) is 9.59 Å². The molecule has 8 heteroatoms. The number of carbonyl (C=O) groups is 1. The number of fused-ring (bicyclic) bond motifs is 1. The Labute approximate surface area is 179 Å². The Kier molecular flexibility index (Phi) is 5.53. The number of rotatable bonds is 6. The van der Waals surface area contributed by atoms with Gasteiger partial charge < -0.3 is 10.1 Å². The number of hydrogen-bond acceptors (Lipinski definition) is 5. The lowest BCUT2D eigenvalue weighted by atomic mass is 10.1. The number of aryl methyl sites for hydroxylation is 2. The summed E-state index contributed by atoms with van der Waals surface area (Å²) in [5.74, 6) is 0.964. The zero-order valence-corrected chi connectivity index (χ0v) is 17.6. The number of hydrogen-bond donors (Lipinski definition) is 1. The van der Waals surface area contributed by atoms with E-state index in [2.05, 4.69) is 15.4 Å². The molecule has 0 aliphatic rings. The normalized spacial score (nSPS) is 10.9. The number of benzene rings is 2. The van der Waals surface area contributed by atoms with Gasteiger partial charge in [0.05, 0.1) is 12.8 Å². The van der Waals surface area contributed by atoms with Gasteiger partial charge in [-0.15, -0.1) is 5.10 Å². The van der Waals surface area contributed by atoms with Crippen LogP contribution in [-0.4, -0.2) is 32.2 Å². The van der Waals surface area contributed by atoms with Gasteiger partial charge in [0.25, 0.3) is 0 Å². The van der Waals surface area contributed by atoms with Crippen LogP contribution in [0.5, 0.6) is 5.75 Å². The molecule has 31 heavy (non-hydrogen) atoms. The minimum Gasteiger partial charge on any atom is -0.497 e. The number of nitrogens with one attached hydrogen (secondary N) is 1. The number of aromatic nitrogens is 4. The zero-order chi connectivity index (χ0) is 22.0. The first-order valence-corrected chi connectivity index (χ1v) is 9.88. The van der Waals surface area contributed by atoms with E-state index in [-0.39, 0.29) is 12.5 Å². The molecule has 0 aliphatic heterocycles. The van der Waals surface area contributed by atoms with E-state index in [0.29, 0.717) is 23.7 Å². The monoisotopic (exact) mass is 417 g/mol. The van der Waals surface area contributed by atoms with Crippen molar-refractivity contribution in [3.05, 3.63) is 82.0 Å². The first kappa shape index (κ1) is 20.3. The summed E-state index contributed by atoms with van der Waals surface area (Å²) >= 11 is 0. The van der Waals surface area contributed by atoms with E-state index in [1.165, 1.54) is 4.40 Å². The second-order valence-corrected chi connectivity index (χ2v) is 7.32. The molecular formula is C23H23N5O3. The van der Waals surface area contributed by atoms with E-state index in [4.69, 9.17) is 4.74 Å². The Bertz CT molecular complexity index is 1310. The number of amides is 1. The molecule has 8 nitrogen and oxygen atoms in total. The largest absolute Gasteiger partial charge is 0.497 e. The summed E-state index contributed by atoms with van der Waals surface area (Å²) in [5, 5.41) is 7.18. The Hall–Kier alpha value is -3.94. The molecule has 0 radical (unpaired) electrons. The molecule has 0 spiro atoms. The van der Waals surface area contributed by atoms with Crippen LogP contribution >= 0.6 is 0 Å². The van der Waals surface area contributed by atoms with Gasteiger partial charge in [-0.25, -0.2) is 18.9 Å². The number of methoxy groups -OCH3 is 1. The molecule has 4 rings (SSSR count). The fourth-order valence-electron chi connectivity index (χ4n) is 3.43. The molecule has 4 aromatic rings. The van der Waals surface area contributed by atoms with Crippen molar-refractivity contribution in [2.45, 2.75) is 26.9 Å². The molecule has 0 fully saturated rings. The van der Waals surface area contributed by atoms with Crippen molar-refractivity contribution >= 4 is 11.6 Å². The topological polar surface area (TPSA) is 90.5 Å². The summed E-state index contributed by atoms with van der Waals surface area (Å²) in [6.45, 7) is 3.97. The fraction of sp³-hybridized carbons (Fsp3) is 0.217. The van der Waals surface area contributed by atoms with Gasteiger partial charge in [0.15, 0.2) is 5.65 Å². The molecule has 2 aromatic carbocycles. The van der Waals surface area contributed by atoms with Crippen molar-refractivity contribution in [1.29, 1.82) is 0 Å². The van der Waals surface area contributed by atoms with Gasteiger partial charge in [0, 0.05) is 18.2 Å². The smallest absolute Gasteiger partial charge is 0.352 e. The highest BCUT2D eigenvalue weighted by Crippen LogP contribution is 2.21. The van der Waals surface area contributed by atoms with Crippen molar-refractivity contribution in [3.8, 4) is 17.0 Å². The maximum absolute atomic E-state index is 12.8. The summed E-state index contributed by atoms with van der Waals surface area (Å²) in [7, 11) is 1.61. The average Bonchev–Trinajstić information content (AvgIpc) is 3.08. The Morgan fingerprint density at radius 1 is 1.10 bits per heavy atom. The summed E-state index contributed by atoms with van der Waals surface area (Å²) < 4.78 is 7.75. The first-order chi connectivity index (χ1) is 14.9. The molecule has 1 amide bonds. The molecule has 0 bridgehead atoms. The maximum Gasteiger partial charge on any atom is 0.352 e. The predicted molar refractivity (Wildman–Crippen MR) is 117 cm³/mol. The summed E-state index contributed by atoms with van der Waals surface area (Å²) in [6, 6.07) is 17.1. The SMILES string of the molecule is COc1ccc(-c2cc3nn(CC(=O)NCc4cccc(C)c4)c(=O)n3c(C)n2)cc1. The summed E-state index contributed by atoms with van der Waals surface area (Å²) in [4.78, 5) is 29.7. The second kappa shape index (κ2) is 8.43. The van der Waals surface area contributed by atoms with Crippen molar-refractivity contribution in [2.75, 3.05) is 7.11 Å². The van der Waals surface area contributed by atoms with Gasteiger partial charge in [-0.3, -0.25) is 4.79 Å². The molecule has 1 N–H and O–H groups in total. The van der Waals surface area contributed by atoms with Gasteiger partial charge in [-0.05, 0) is 43.7 Å². The van der Waals surface area contributed by atoms with Crippen LogP contribution in [0.15, 0.2) is 59.4 Å². The molecule has 0 saturated heterocycles. The molecule has 2 heterocycles. The Morgan fingerprint density at radius 2 is 1.87 bits per heavy atom. The predicted octanol–water partition coefficient (Wildman–Crippen LogP) is 2.50. The highest BCUT2D eigenvalue weighted by atomic mass is 16.5. The standard InChI is InChI=1S/C23H23N5O3/c1-15-5-4-6-17(11-15)13-24-22(29)14-27-23(30)28-16(2)25-20(12-21(28)26-27)18-7-9-19(31-3)10-8-18/h4-12H,13-14H2,1-3H3,(H,24,29). The van der Waals surface area contributed by atoms with E-state index >= 15 is 0 Å². The molecule has 0 atom stereocenters. The van der Waals surface area contributed by atoms with Gasteiger partial charge in [0.1, 0.15) is 18.1 Å². The molecule has 2 aromatic heterocycles. The number of nitrogens with zero attached hydrogens (tertiary/aromatic N) is 4. The van der Waals surface area contributed by atoms with Gasteiger partial charge >= 0.3 is 5.69 Å². The molecular weight excluding hydrogens is 394 g/mol. The summed E-state index contributed by atoms with van der Waals surface area (Å²) in [6.07, 6.45) is 0. The van der Waals surface area contributed by atoms with Gasteiger partial charge in [-0.1, -0.05) is 29.8 Å². The summed E-state index contributed by atoms with van der Waals surface area (Å²) in [5.41, 5.74) is 3.73. The zero-order valence-electron chi connectivity index (χ0n) is 17.6. The molecule has 158 valence electrons. The van der Waals surface area contributed by atoms with Crippen molar-refractivity contribution in [1.82, 2.24) is 24.5 Å². The van der Waals surface area contributed by atoms with E-state index < -0.39 is 5.69 Å². The lowest BCUT2D eigenvalue weighted by Crippen LogP contribution is -2.32. The highest BCUT2D eigenvalue weighted by Gasteiger charge is 2.14. The van der Waals surface area contributed by atoms with E-state index in [1.807, 2.05) is 55.5 Å². The van der Waals surface area contributed by atoms with Gasteiger partial charge in [0.2, 0.25) is 5.91 Å². The van der Waals surface area contributed by atoms with Crippen LogP contribution in [0.3, 0.4) is 0 Å². The second-order valence-electron chi connectivity index (χ2n) is 7.32. The lowest BCUT2D eigenvalue weighted by molar-refractivity contribution is -0.122. The van der Waals surface area contributed by atoms with Gasteiger partial charge in [-0.2, -0.15) is 0 Å². The van der Waals surface area contributed by atoms with Crippen LogP contribution in [0.2, 0.25) is 0 Å². The van der Waals surface area contributed by atoms with Crippen LogP contribution in [0, 0.1) is 13.8 Å². The average molecular weight is 417 g/mol. The maximum atomic E-state index is 12.8.